The number of hydrogen-bond acceptors (Lipinski definition) is 4. The molecule has 0 bridgehead atoms. The van der Waals surface area contributed by atoms with Gasteiger partial charge in [-0.3, -0.25) is 0 Å². The van der Waals surface area contributed by atoms with Crippen LogP contribution in [0.5, 0.6) is 0 Å². The second-order valence-corrected chi connectivity index (χ2v) is 6.81. The number of nitrogens with zero attached hydrogens (tertiary/aromatic N) is 4. The van der Waals surface area contributed by atoms with Crippen LogP contribution in [0, 0.1) is 0 Å². The molecule has 0 radical (unpaired) electrons. The number of halogens is 2. The Morgan fingerprint density at radius 3 is 1.14 bits per heavy atom. The van der Waals surface area contributed by atoms with Crippen LogP contribution >= 0.6 is 22.0 Å². The van der Waals surface area contributed by atoms with Crippen LogP contribution in [0.2, 0.25) is 0 Å². The molecular formula is C14H20Cl2N4S2. The van der Waals surface area contributed by atoms with Crippen LogP contribution in [0.4, 0.5) is 11.4 Å². The van der Waals surface area contributed by atoms with Gasteiger partial charge in [0, 0.05) is 63.8 Å². The van der Waals surface area contributed by atoms with Gasteiger partial charge in [-0.2, -0.15) is 0 Å². The van der Waals surface area contributed by atoms with Gasteiger partial charge in [-0.25, -0.2) is 0 Å². The highest BCUT2D eigenvalue weighted by Crippen LogP contribution is 2.15. The van der Waals surface area contributed by atoms with Gasteiger partial charge in [0.15, 0.2) is 24.8 Å². The lowest BCUT2D eigenvalue weighted by Crippen LogP contribution is -3.00. The van der Waals surface area contributed by atoms with Crippen molar-refractivity contribution in [3.63, 3.8) is 0 Å². The first-order valence-corrected chi connectivity index (χ1v) is 8.35. The Hall–Kier alpha value is -0.820. The van der Waals surface area contributed by atoms with E-state index in [9.17, 15) is 0 Å². The van der Waals surface area contributed by atoms with Crippen molar-refractivity contribution < 1.29 is 32.8 Å². The molecule has 0 aliphatic rings. The fourth-order valence-corrected chi connectivity index (χ4v) is 3.24. The lowest BCUT2D eigenvalue weighted by molar-refractivity contribution is -0.505. The van der Waals surface area contributed by atoms with Gasteiger partial charge >= 0.3 is 22.0 Å². The van der Waals surface area contributed by atoms with Gasteiger partial charge in [0.2, 0.25) is 0 Å². The minimum atomic E-state index is 0. The van der Waals surface area contributed by atoms with Crippen LogP contribution in [0.25, 0.3) is 0 Å². The summed E-state index contributed by atoms with van der Waals surface area (Å²) < 4.78 is 4.18. The van der Waals surface area contributed by atoms with E-state index < -0.39 is 0 Å². The first-order valence-electron chi connectivity index (χ1n) is 6.29. The molecule has 22 heavy (non-hydrogen) atoms. The summed E-state index contributed by atoms with van der Waals surface area (Å²) in [5, 5.41) is 0. The Balaban J connectivity index is 0.00000220. The Labute approximate surface area is 153 Å². The zero-order valence-corrected chi connectivity index (χ0v) is 16.1. The third-order valence-corrected chi connectivity index (χ3v) is 4.94. The predicted octanol–water partition coefficient (Wildman–Crippen LogP) is -3.99. The van der Waals surface area contributed by atoms with E-state index in [1.54, 1.807) is 22.0 Å². The van der Waals surface area contributed by atoms with Crippen molar-refractivity contribution >= 4 is 33.3 Å². The standard InChI is InChI=1S/C14H20N4S2.2ClH/c1-15(2)13-5-9-17(10-6-13)19-20-18-11-7-14(8-12-18)16(3)4;;/h5-12H,1-4H3;2*1H/q+2;;/p-2. The minimum Gasteiger partial charge on any atom is -1.00 e. The predicted molar refractivity (Wildman–Crippen MR) is 87.9 cm³/mol. The van der Waals surface area contributed by atoms with Crippen molar-refractivity contribution in [2.45, 2.75) is 0 Å². The maximum absolute atomic E-state index is 2.10. The largest absolute Gasteiger partial charge is 1.00 e. The number of anilines is 2. The van der Waals surface area contributed by atoms with Crippen molar-refractivity contribution in [1.82, 2.24) is 0 Å². The maximum atomic E-state index is 2.10. The molecule has 0 unspecified atom stereocenters. The topological polar surface area (TPSA) is 14.2 Å². The summed E-state index contributed by atoms with van der Waals surface area (Å²) >= 11 is 0. The van der Waals surface area contributed by atoms with Gasteiger partial charge < -0.3 is 34.6 Å². The van der Waals surface area contributed by atoms with Gasteiger partial charge in [-0.15, -0.1) is 7.94 Å². The summed E-state index contributed by atoms with van der Waals surface area (Å²) in [6.07, 6.45) is 8.28. The lowest BCUT2D eigenvalue weighted by atomic mass is 10.4. The van der Waals surface area contributed by atoms with Gasteiger partial charge in [0.05, 0.1) is 0 Å². The third kappa shape index (κ3) is 6.12. The van der Waals surface area contributed by atoms with Crippen molar-refractivity contribution in [3.05, 3.63) is 49.1 Å². The first kappa shape index (κ1) is 21.2. The van der Waals surface area contributed by atoms with Crippen LogP contribution in [0.1, 0.15) is 0 Å². The van der Waals surface area contributed by atoms with Gasteiger partial charge in [0.1, 0.15) is 0 Å². The van der Waals surface area contributed by atoms with Crippen molar-refractivity contribution in [2.24, 2.45) is 0 Å². The molecule has 2 rings (SSSR count). The summed E-state index contributed by atoms with van der Waals surface area (Å²) in [6, 6.07) is 8.42. The highest BCUT2D eigenvalue weighted by molar-refractivity contribution is 8.71. The second-order valence-electron chi connectivity index (χ2n) is 4.77. The molecule has 4 nitrogen and oxygen atoms in total. The molecule has 0 fully saturated rings. The van der Waals surface area contributed by atoms with E-state index in [2.05, 4.69) is 66.8 Å². The molecule has 0 amide bonds. The monoisotopic (exact) mass is 378 g/mol. The number of pyridine rings is 2. The molecule has 0 saturated heterocycles. The van der Waals surface area contributed by atoms with Crippen LogP contribution in [-0.2, 0) is 0 Å². The Morgan fingerprint density at radius 2 is 0.909 bits per heavy atom. The smallest absolute Gasteiger partial charge is 0.313 e. The zero-order chi connectivity index (χ0) is 14.5. The molecule has 2 aromatic rings. The molecule has 0 N–H and O–H groups in total. The molecule has 0 aromatic carbocycles. The lowest BCUT2D eigenvalue weighted by Gasteiger charge is -2.10. The fourth-order valence-electron chi connectivity index (χ4n) is 1.58. The molecular weight excluding hydrogens is 359 g/mol. The highest BCUT2D eigenvalue weighted by atomic mass is 35.5. The second kappa shape index (κ2) is 10.0. The van der Waals surface area contributed by atoms with E-state index >= 15 is 0 Å². The SMILES string of the molecule is CN(C)c1cc[n+](SS[n+]2ccc(N(C)C)cc2)cc1.[Cl-].[Cl-]. The van der Waals surface area contributed by atoms with Gasteiger partial charge in [0.25, 0.3) is 0 Å². The van der Waals surface area contributed by atoms with E-state index in [0.29, 0.717) is 0 Å². The van der Waals surface area contributed by atoms with Crippen LogP contribution in [0.15, 0.2) is 49.1 Å². The number of rotatable bonds is 5. The molecule has 0 spiro atoms. The summed E-state index contributed by atoms with van der Waals surface area (Å²) in [4.78, 5) is 4.19. The van der Waals surface area contributed by atoms with Crippen molar-refractivity contribution in [2.75, 3.05) is 38.0 Å². The van der Waals surface area contributed by atoms with Crippen molar-refractivity contribution in [3.8, 4) is 0 Å². The molecule has 8 heteroatoms. The Kier molecular flexibility index (Phi) is 9.67. The maximum Gasteiger partial charge on any atom is 0.313 e. The molecule has 0 aliphatic heterocycles. The molecule has 0 atom stereocenters. The van der Waals surface area contributed by atoms with Crippen molar-refractivity contribution in [1.29, 1.82) is 0 Å². The average molecular weight is 379 g/mol. The van der Waals surface area contributed by atoms with Gasteiger partial charge in [-0.1, -0.05) is 0 Å². The minimum absolute atomic E-state index is 0. The van der Waals surface area contributed by atoms with E-state index in [1.165, 1.54) is 11.4 Å². The zero-order valence-electron chi connectivity index (χ0n) is 13.0. The normalized spacial score (nSPS) is 9.45. The molecule has 2 heterocycles. The van der Waals surface area contributed by atoms with Crippen LogP contribution in [0.3, 0.4) is 0 Å². The molecule has 0 saturated carbocycles. The average Bonchev–Trinajstić information content (AvgIpc) is 2.46. The molecule has 0 aliphatic carbocycles. The highest BCUT2D eigenvalue weighted by Gasteiger charge is 2.13. The first-order chi connectivity index (χ1) is 9.56. The quantitative estimate of drug-likeness (QED) is 0.388. The van der Waals surface area contributed by atoms with E-state index in [-0.39, 0.29) is 24.8 Å². The molecule has 2 aromatic heterocycles. The Bertz CT molecular complexity index is 496. The Morgan fingerprint density at radius 1 is 0.636 bits per heavy atom. The van der Waals surface area contributed by atoms with E-state index in [4.69, 9.17) is 0 Å². The van der Waals surface area contributed by atoms with Crippen LogP contribution in [-0.4, -0.2) is 28.2 Å². The summed E-state index contributed by atoms with van der Waals surface area (Å²) in [5.74, 6) is 0. The van der Waals surface area contributed by atoms with Gasteiger partial charge in [-0.05, 0) is 0 Å². The van der Waals surface area contributed by atoms with Crippen LogP contribution < -0.4 is 42.6 Å². The van der Waals surface area contributed by atoms with E-state index in [0.717, 1.165) is 0 Å². The molecule has 122 valence electrons. The summed E-state index contributed by atoms with van der Waals surface area (Å²) in [7, 11) is 11.5. The summed E-state index contributed by atoms with van der Waals surface area (Å²) in [6.45, 7) is 0. The third-order valence-electron chi connectivity index (χ3n) is 2.81. The van der Waals surface area contributed by atoms with E-state index in [1.807, 2.05) is 28.2 Å². The fraction of sp³-hybridized carbons (Fsp3) is 0.286. The number of aromatic nitrogens is 2. The summed E-state index contributed by atoms with van der Waals surface area (Å²) in [5.41, 5.74) is 2.41. The number of hydrogen-bond donors (Lipinski definition) is 0.